The monoisotopic (exact) mass is 354 g/mol. The van der Waals surface area contributed by atoms with Crippen molar-refractivity contribution in [1.29, 1.82) is 0 Å². The predicted molar refractivity (Wildman–Crippen MR) is 99.3 cm³/mol. The van der Waals surface area contributed by atoms with E-state index in [1.807, 2.05) is 17.8 Å². The number of fused-ring (bicyclic) bond motifs is 2. The molecule has 2 aliphatic heterocycles. The Balaban J connectivity index is 0.00000192. The molecule has 2 fully saturated rings. The topological polar surface area (TPSA) is 41.1 Å². The third-order valence-corrected chi connectivity index (χ3v) is 5.83. The first-order valence-electron chi connectivity index (χ1n) is 8.43. The maximum atomic E-state index is 12.2. The molecule has 0 aromatic heterocycles. The molecule has 0 spiro atoms. The van der Waals surface area contributed by atoms with E-state index in [2.05, 4.69) is 41.8 Å². The molecule has 2 saturated heterocycles. The van der Waals surface area contributed by atoms with Crippen molar-refractivity contribution in [3.8, 4) is 0 Å². The van der Waals surface area contributed by atoms with Gasteiger partial charge in [-0.15, -0.1) is 24.2 Å². The molecule has 2 bridgehead atoms. The number of hydrogen-bond acceptors (Lipinski definition) is 3. The number of thioether (sulfide) groups is 1. The van der Waals surface area contributed by atoms with Crippen molar-refractivity contribution in [2.75, 3.05) is 6.54 Å². The molecule has 128 valence electrons. The summed E-state index contributed by atoms with van der Waals surface area (Å²) in [6.45, 7) is 2.92. The molecule has 2 heterocycles. The molecular formula is C18H27ClN2OS. The van der Waals surface area contributed by atoms with Crippen molar-refractivity contribution in [3.05, 3.63) is 30.3 Å². The Morgan fingerprint density at radius 1 is 1.26 bits per heavy atom. The number of hydrogen-bond donors (Lipinski definition) is 2. The summed E-state index contributed by atoms with van der Waals surface area (Å²) < 4.78 is 0. The van der Waals surface area contributed by atoms with Gasteiger partial charge in [0.25, 0.3) is 0 Å². The highest BCUT2D eigenvalue weighted by Gasteiger charge is 2.34. The minimum Gasteiger partial charge on any atom is -0.355 e. The van der Waals surface area contributed by atoms with Gasteiger partial charge in [0.15, 0.2) is 0 Å². The molecule has 0 aliphatic carbocycles. The normalized spacial score (nSPS) is 27.1. The average Bonchev–Trinajstić information content (AvgIpc) is 2.85. The molecule has 3 rings (SSSR count). The predicted octanol–water partition coefficient (Wildman–Crippen LogP) is 3.63. The zero-order valence-electron chi connectivity index (χ0n) is 13.7. The highest BCUT2D eigenvalue weighted by molar-refractivity contribution is 8.00. The minimum absolute atomic E-state index is 0. The van der Waals surface area contributed by atoms with Gasteiger partial charge >= 0.3 is 0 Å². The van der Waals surface area contributed by atoms with E-state index in [9.17, 15) is 4.79 Å². The van der Waals surface area contributed by atoms with Crippen LogP contribution in [-0.4, -0.2) is 29.8 Å². The fraction of sp³-hybridized carbons (Fsp3) is 0.611. The summed E-state index contributed by atoms with van der Waals surface area (Å²) in [5.41, 5.74) is 0. The van der Waals surface area contributed by atoms with Crippen LogP contribution in [0, 0.1) is 5.92 Å². The second-order valence-electron chi connectivity index (χ2n) is 6.73. The number of halogens is 1. The molecule has 23 heavy (non-hydrogen) atoms. The standard InChI is InChI=1S/C18H26N2OS.ClH/c1-13(22-17-5-3-2-4-6-17)12-19-18(21)11-14-9-15-7-8-16(10-14)20-15;/h2-6,13-16,20H,7-12H2,1H3,(H,19,21);1H. The van der Waals surface area contributed by atoms with Crippen molar-refractivity contribution in [1.82, 2.24) is 10.6 Å². The minimum atomic E-state index is 0. The summed E-state index contributed by atoms with van der Waals surface area (Å²) >= 11 is 1.82. The van der Waals surface area contributed by atoms with Crippen molar-refractivity contribution < 1.29 is 4.79 Å². The Morgan fingerprint density at radius 3 is 2.57 bits per heavy atom. The van der Waals surface area contributed by atoms with Gasteiger partial charge in [0.2, 0.25) is 5.91 Å². The Kier molecular flexibility index (Phi) is 7.25. The van der Waals surface area contributed by atoms with Gasteiger partial charge in [0.05, 0.1) is 0 Å². The average molecular weight is 355 g/mol. The van der Waals surface area contributed by atoms with E-state index in [1.165, 1.54) is 30.6 Å². The fourth-order valence-corrected chi connectivity index (χ4v) is 4.65. The van der Waals surface area contributed by atoms with Crippen LogP contribution < -0.4 is 10.6 Å². The molecule has 1 amide bonds. The van der Waals surface area contributed by atoms with Crippen LogP contribution in [0.25, 0.3) is 0 Å². The van der Waals surface area contributed by atoms with Crippen LogP contribution in [0.4, 0.5) is 0 Å². The first-order chi connectivity index (χ1) is 10.7. The van der Waals surface area contributed by atoms with Gasteiger partial charge in [-0.25, -0.2) is 0 Å². The highest BCUT2D eigenvalue weighted by Crippen LogP contribution is 2.32. The van der Waals surface area contributed by atoms with Crippen molar-refractivity contribution in [3.63, 3.8) is 0 Å². The lowest BCUT2D eigenvalue weighted by molar-refractivity contribution is -0.122. The Morgan fingerprint density at radius 2 is 1.91 bits per heavy atom. The highest BCUT2D eigenvalue weighted by atomic mass is 35.5. The SMILES string of the molecule is CC(CNC(=O)CC1CC2CCC(C1)N2)Sc1ccccc1.Cl. The van der Waals surface area contributed by atoms with Gasteiger partial charge in [-0.05, 0) is 43.7 Å². The van der Waals surface area contributed by atoms with E-state index >= 15 is 0 Å². The van der Waals surface area contributed by atoms with Gasteiger partial charge in [-0.3, -0.25) is 4.79 Å². The van der Waals surface area contributed by atoms with Crippen LogP contribution in [0.5, 0.6) is 0 Å². The second-order valence-corrected chi connectivity index (χ2v) is 8.24. The lowest BCUT2D eigenvalue weighted by atomic mass is 9.89. The van der Waals surface area contributed by atoms with E-state index < -0.39 is 0 Å². The van der Waals surface area contributed by atoms with E-state index in [0.717, 1.165) is 6.54 Å². The maximum absolute atomic E-state index is 12.2. The van der Waals surface area contributed by atoms with Crippen LogP contribution >= 0.6 is 24.2 Å². The van der Waals surface area contributed by atoms with Crippen molar-refractivity contribution in [2.24, 2.45) is 5.92 Å². The first kappa shape index (κ1) is 18.6. The van der Waals surface area contributed by atoms with Crippen LogP contribution in [0.3, 0.4) is 0 Å². The van der Waals surface area contributed by atoms with Gasteiger partial charge in [0.1, 0.15) is 0 Å². The third kappa shape index (κ3) is 5.70. The lowest BCUT2D eigenvalue weighted by Crippen LogP contribution is -2.40. The smallest absolute Gasteiger partial charge is 0.220 e. The number of carbonyl (C=O) groups excluding carboxylic acids is 1. The zero-order chi connectivity index (χ0) is 15.4. The molecule has 1 aromatic rings. The van der Waals surface area contributed by atoms with Crippen LogP contribution in [-0.2, 0) is 4.79 Å². The molecule has 0 radical (unpaired) electrons. The summed E-state index contributed by atoms with van der Waals surface area (Å²) in [7, 11) is 0. The number of rotatable bonds is 6. The molecule has 3 atom stereocenters. The summed E-state index contributed by atoms with van der Waals surface area (Å²) in [5, 5.41) is 7.15. The molecule has 2 N–H and O–H groups in total. The quantitative estimate of drug-likeness (QED) is 0.766. The number of nitrogens with one attached hydrogen (secondary N) is 2. The van der Waals surface area contributed by atoms with Crippen LogP contribution in [0.2, 0.25) is 0 Å². The number of amides is 1. The fourth-order valence-electron chi connectivity index (χ4n) is 3.71. The zero-order valence-corrected chi connectivity index (χ0v) is 15.3. The van der Waals surface area contributed by atoms with E-state index in [1.54, 1.807) is 0 Å². The lowest BCUT2D eigenvalue weighted by Gasteiger charge is -2.28. The van der Waals surface area contributed by atoms with E-state index in [0.29, 0.717) is 29.7 Å². The van der Waals surface area contributed by atoms with Crippen molar-refractivity contribution in [2.45, 2.75) is 61.3 Å². The second kappa shape index (κ2) is 8.95. The molecule has 3 nitrogen and oxygen atoms in total. The molecule has 3 unspecified atom stereocenters. The summed E-state index contributed by atoms with van der Waals surface area (Å²) in [4.78, 5) is 13.4. The summed E-state index contributed by atoms with van der Waals surface area (Å²) in [6, 6.07) is 11.7. The van der Waals surface area contributed by atoms with Gasteiger partial charge in [-0.1, -0.05) is 25.1 Å². The van der Waals surface area contributed by atoms with Gasteiger partial charge < -0.3 is 10.6 Å². The molecular weight excluding hydrogens is 328 g/mol. The van der Waals surface area contributed by atoms with Gasteiger partial charge in [-0.2, -0.15) is 0 Å². The Bertz CT molecular complexity index is 487. The van der Waals surface area contributed by atoms with Crippen LogP contribution in [0.15, 0.2) is 35.2 Å². The maximum Gasteiger partial charge on any atom is 0.220 e. The largest absolute Gasteiger partial charge is 0.355 e. The summed E-state index contributed by atoms with van der Waals surface area (Å²) in [5.74, 6) is 0.808. The molecule has 1 aromatic carbocycles. The van der Waals surface area contributed by atoms with E-state index in [-0.39, 0.29) is 18.3 Å². The number of benzene rings is 1. The number of piperidine rings is 1. The van der Waals surface area contributed by atoms with Gasteiger partial charge in [0, 0.05) is 35.2 Å². The molecule has 5 heteroatoms. The van der Waals surface area contributed by atoms with Crippen molar-refractivity contribution >= 4 is 30.1 Å². The number of carbonyl (C=O) groups is 1. The molecule has 2 aliphatic rings. The first-order valence-corrected chi connectivity index (χ1v) is 9.31. The van der Waals surface area contributed by atoms with Crippen LogP contribution in [0.1, 0.15) is 39.0 Å². The Hall–Kier alpha value is -0.710. The third-order valence-electron chi connectivity index (χ3n) is 4.71. The van der Waals surface area contributed by atoms with E-state index in [4.69, 9.17) is 0 Å². The summed E-state index contributed by atoms with van der Waals surface area (Å²) in [6.07, 6.45) is 5.66. The molecule has 0 saturated carbocycles. The Labute approximate surface area is 149 Å².